The Morgan fingerprint density at radius 2 is 1.84 bits per heavy atom. The quantitative estimate of drug-likeness (QED) is 0.786. The summed E-state index contributed by atoms with van der Waals surface area (Å²) in [6.07, 6.45) is 1.80. The zero-order chi connectivity index (χ0) is 17.2. The molecule has 0 saturated carbocycles. The number of aromatic nitrogens is 1. The van der Waals surface area contributed by atoms with Crippen molar-refractivity contribution in [1.82, 2.24) is 14.4 Å². The van der Waals surface area contributed by atoms with Crippen LogP contribution in [0.1, 0.15) is 12.8 Å². The molecule has 0 radical (unpaired) electrons. The van der Waals surface area contributed by atoms with Crippen molar-refractivity contribution in [3.8, 4) is 0 Å². The van der Waals surface area contributed by atoms with E-state index in [-0.39, 0.29) is 5.92 Å². The highest BCUT2D eigenvalue weighted by Gasteiger charge is 2.29. The molecule has 0 unspecified atom stereocenters. The molecule has 1 amide bonds. The van der Waals surface area contributed by atoms with Crippen LogP contribution >= 0.6 is 12.2 Å². The van der Waals surface area contributed by atoms with Crippen LogP contribution in [-0.2, 0) is 16.2 Å². The number of ether oxygens (including phenoxy) is 1. The second-order valence-electron chi connectivity index (χ2n) is 6.74. The number of nitrogens with zero attached hydrogens (tertiary/aromatic N) is 3. The van der Waals surface area contributed by atoms with Gasteiger partial charge in [-0.1, -0.05) is 12.1 Å². The third kappa shape index (κ3) is 3.49. The van der Waals surface area contributed by atoms with E-state index >= 15 is 0 Å². The summed E-state index contributed by atoms with van der Waals surface area (Å²) < 4.78 is 13.0. The Labute approximate surface area is 151 Å². The smallest absolute Gasteiger partial charge is 0.270 e. The van der Waals surface area contributed by atoms with E-state index in [1.165, 1.54) is 0 Å². The number of morpholine rings is 1. The summed E-state index contributed by atoms with van der Waals surface area (Å²) in [7, 11) is 0. The molecule has 0 atom stereocenters. The number of para-hydroxylation sites is 2. The molecule has 1 aromatic heterocycles. The van der Waals surface area contributed by atoms with Gasteiger partial charge in [-0.05, 0) is 37.2 Å². The minimum atomic E-state index is 0.142. The summed E-state index contributed by atoms with van der Waals surface area (Å²) >= 11 is 5.37. The highest BCUT2D eigenvalue weighted by molar-refractivity contribution is 7.71. The van der Waals surface area contributed by atoms with Crippen LogP contribution in [0.2, 0.25) is 0 Å². The SMILES string of the molecule is O=C(C1CCN(Cn2c(=S)oc3ccccc32)CC1)N1CCOCC1. The molecule has 0 aliphatic carbocycles. The van der Waals surface area contributed by atoms with Gasteiger partial charge in [-0.3, -0.25) is 14.3 Å². The van der Waals surface area contributed by atoms with E-state index in [9.17, 15) is 4.79 Å². The molecule has 2 saturated heterocycles. The van der Waals surface area contributed by atoms with Gasteiger partial charge < -0.3 is 14.1 Å². The molecule has 0 spiro atoms. The highest BCUT2D eigenvalue weighted by Crippen LogP contribution is 2.23. The number of oxazole rings is 1. The van der Waals surface area contributed by atoms with E-state index in [1.807, 2.05) is 33.7 Å². The molecule has 1 aromatic carbocycles. The Morgan fingerprint density at radius 3 is 2.60 bits per heavy atom. The number of likely N-dealkylation sites (tertiary alicyclic amines) is 1. The molecule has 0 bridgehead atoms. The molecule has 2 aromatic rings. The van der Waals surface area contributed by atoms with E-state index < -0.39 is 0 Å². The first-order valence-electron chi connectivity index (χ1n) is 8.89. The van der Waals surface area contributed by atoms with E-state index in [4.69, 9.17) is 21.4 Å². The maximum atomic E-state index is 12.6. The molecule has 6 nitrogen and oxygen atoms in total. The first kappa shape index (κ1) is 16.8. The van der Waals surface area contributed by atoms with E-state index in [2.05, 4.69) is 4.90 Å². The number of carbonyl (C=O) groups excluding carboxylic acids is 1. The summed E-state index contributed by atoms with van der Waals surface area (Å²) in [5.41, 5.74) is 1.85. The van der Waals surface area contributed by atoms with Crippen molar-refractivity contribution in [2.75, 3.05) is 39.4 Å². The fourth-order valence-corrected chi connectivity index (χ4v) is 3.96. The number of carbonyl (C=O) groups is 1. The van der Waals surface area contributed by atoms with Gasteiger partial charge in [0.25, 0.3) is 4.84 Å². The monoisotopic (exact) mass is 361 g/mol. The zero-order valence-corrected chi connectivity index (χ0v) is 15.0. The lowest BCUT2D eigenvalue weighted by molar-refractivity contribution is -0.141. The van der Waals surface area contributed by atoms with Gasteiger partial charge in [0.05, 0.1) is 25.4 Å². The van der Waals surface area contributed by atoms with Crippen molar-refractivity contribution in [1.29, 1.82) is 0 Å². The number of benzene rings is 1. The molecule has 2 aliphatic rings. The second kappa shape index (κ2) is 7.27. The van der Waals surface area contributed by atoms with Crippen molar-refractivity contribution in [2.45, 2.75) is 19.5 Å². The standard InChI is InChI=1S/C18H23N3O3S/c22-17(20-9-11-23-12-10-20)14-5-7-19(8-6-14)13-21-15-3-1-2-4-16(15)24-18(21)25/h1-4,14H,5-13H2. The normalized spacial score (nSPS) is 20.2. The fourth-order valence-electron chi connectivity index (χ4n) is 3.71. The second-order valence-corrected chi connectivity index (χ2v) is 7.08. The van der Waals surface area contributed by atoms with E-state index in [0.717, 1.165) is 50.1 Å². The predicted octanol–water partition coefficient (Wildman–Crippen LogP) is 2.49. The minimum Gasteiger partial charge on any atom is -0.429 e. The predicted molar refractivity (Wildman–Crippen MR) is 96.7 cm³/mol. The number of amides is 1. The number of rotatable bonds is 3. The lowest BCUT2D eigenvalue weighted by Crippen LogP contribution is -2.46. The number of hydrogen-bond donors (Lipinski definition) is 0. The Morgan fingerprint density at radius 1 is 1.12 bits per heavy atom. The highest BCUT2D eigenvalue weighted by atomic mass is 32.1. The van der Waals surface area contributed by atoms with Crippen LogP contribution in [0.25, 0.3) is 11.1 Å². The average Bonchev–Trinajstić information content (AvgIpc) is 2.98. The summed E-state index contributed by atoms with van der Waals surface area (Å²) in [6, 6.07) is 7.92. The molecule has 3 heterocycles. The van der Waals surface area contributed by atoms with Gasteiger partial charge in [-0.15, -0.1) is 0 Å². The van der Waals surface area contributed by atoms with Gasteiger partial charge in [0.2, 0.25) is 5.91 Å². The van der Waals surface area contributed by atoms with Crippen molar-refractivity contribution in [3.05, 3.63) is 29.1 Å². The van der Waals surface area contributed by atoms with Crippen LogP contribution in [0.5, 0.6) is 0 Å². The largest absolute Gasteiger partial charge is 0.429 e. The Balaban J connectivity index is 1.38. The van der Waals surface area contributed by atoms with Gasteiger partial charge in [0, 0.05) is 32.1 Å². The van der Waals surface area contributed by atoms with Gasteiger partial charge >= 0.3 is 0 Å². The van der Waals surface area contributed by atoms with Crippen molar-refractivity contribution in [3.63, 3.8) is 0 Å². The molecule has 2 fully saturated rings. The number of hydrogen-bond acceptors (Lipinski definition) is 5. The molecule has 2 aliphatic heterocycles. The van der Waals surface area contributed by atoms with Gasteiger partial charge in [-0.2, -0.15) is 0 Å². The van der Waals surface area contributed by atoms with Gasteiger partial charge in [0.1, 0.15) is 0 Å². The van der Waals surface area contributed by atoms with Crippen molar-refractivity contribution >= 4 is 29.2 Å². The summed E-state index contributed by atoms with van der Waals surface area (Å²) in [5, 5.41) is 0. The Hall–Kier alpha value is -1.70. The first-order chi connectivity index (χ1) is 12.2. The number of fused-ring (bicyclic) bond motifs is 1. The van der Waals surface area contributed by atoms with Gasteiger partial charge in [-0.25, -0.2) is 0 Å². The van der Waals surface area contributed by atoms with Crippen LogP contribution in [0.15, 0.2) is 28.7 Å². The molecule has 25 heavy (non-hydrogen) atoms. The Bertz CT molecular complexity index is 801. The van der Waals surface area contributed by atoms with Crippen LogP contribution in [0.3, 0.4) is 0 Å². The lowest BCUT2D eigenvalue weighted by Gasteiger charge is -2.35. The van der Waals surface area contributed by atoms with Crippen molar-refractivity contribution < 1.29 is 13.9 Å². The van der Waals surface area contributed by atoms with Crippen LogP contribution in [0.4, 0.5) is 0 Å². The molecule has 134 valence electrons. The summed E-state index contributed by atoms with van der Waals surface area (Å²) in [6.45, 7) is 5.32. The van der Waals surface area contributed by atoms with Gasteiger partial charge in [0.15, 0.2) is 5.58 Å². The molecular formula is C18H23N3O3S. The first-order valence-corrected chi connectivity index (χ1v) is 9.30. The van der Waals surface area contributed by atoms with E-state index in [0.29, 0.717) is 30.6 Å². The van der Waals surface area contributed by atoms with Crippen LogP contribution in [0, 0.1) is 10.8 Å². The van der Waals surface area contributed by atoms with Crippen LogP contribution in [-0.4, -0.2) is 59.7 Å². The molecule has 0 N–H and O–H groups in total. The zero-order valence-electron chi connectivity index (χ0n) is 14.2. The molecule has 4 rings (SSSR count). The molecular weight excluding hydrogens is 338 g/mol. The third-order valence-electron chi connectivity index (χ3n) is 5.17. The van der Waals surface area contributed by atoms with E-state index in [1.54, 1.807) is 0 Å². The van der Waals surface area contributed by atoms with Crippen molar-refractivity contribution in [2.24, 2.45) is 5.92 Å². The summed E-state index contributed by atoms with van der Waals surface area (Å²) in [5.74, 6) is 0.441. The Kier molecular flexibility index (Phi) is 4.87. The molecule has 7 heteroatoms. The lowest BCUT2D eigenvalue weighted by atomic mass is 9.95. The minimum absolute atomic E-state index is 0.142. The maximum absolute atomic E-state index is 12.6. The third-order valence-corrected chi connectivity index (χ3v) is 5.48. The fraction of sp³-hybridized carbons (Fsp3) is 0.556. The average molecular weight is 361 g/mol. The number of piperidine rings is 1. The maximum Gasteiger partial charge on any atom is 0.270 e. The van der Waals surface area contributed by atoms with Crippen LogP contribution < -0.4 is 0 Å². The summed E-state index contributed by atoms with van der Waals surface area (Å²) in [4.78, 5) is 17.4. The topological polar surface area (TPSA) is 50.9 Å².